The van der Waals surface area contributed by atoms with Crippen LogP contribution in [-0.4, -0.2) is 27.8 Å². The number of methoxy groups -OCH3 is 1. The Balaban J connectivity index is 3.65. The minimum Gasteiger partial charge on any atom is -0.465 e. The summed E-state index contributed by atoms with van der Waals surface area (Å²) in [6.45, 7) is 0. The molecule has 88 valence electrons. The Bertz CT molecular complexity index is 539. The quantitative estimate of drug-likeness (QED) is 0.617. The van der Waals surface area contributed by atoms with E-state index in [2.05, 4.69) is 20.7 Å². The molecule has 0 amide bonds. The van der Waals surface area contributed by atoms with Crippen LogP contribution in [-0.2, 0) is 14.6 Å². The Morgan fingerprint density at radius 3 is 2.44 bits per heavy atom. The summed E-state index contributed by atoms with van der Waals surface area (Å²) in [7, 11) is -2.54. The van der Waals surface area contributed by atoms with Crippen LogP contribution in [0.15, 0.2) is 21.5 Å². The molecule has 16 heavy (non-hydrogen) atoms. The van der Waals surface area contributed by atoms with E-state index in [1.165, 1.54) is 0 Å². The second-order valence-corrected chi connectivity index (χ2v) is 5.78. The fourth-order valence-electron chi connectivity index (χ4n) is 1.13. The largest absolute Gasteiger partial charge is 0.465 e. The summed E-state index contributed by atoms with van der Waals surface area (Å²) in [4.78, 5) is 11.1. The number of halogens is 2. The van der Waals surface area contributed by atoms with Crippen LogP contribution in [0.25, 0.3) is 0 Å². The van der Waals surface area contributed by atoms with E-state index >= 15 is 0 Å². The molecule has 0 aliphatic carbocycles. The minimum absolute atomic E-state index is 0.220. The summed E-state index contributed by atoms with van der Waals surface area (Å²) >= 11 is 2.82. The number of esters is 1. The molecule has 1 rings (SSSR count). The van der Waals surface area contributed by atoms with E-state index in [0.717, 1.165) is 25.5 Å². The maximum absolute atomic E-state index is 13.2. The third kappa shape index (κ3) is 2.41. The van der Waals surface area contributed by atoms with Gasteiger partial charge in [0.15, 0.2) is 9.84 Å². The predicted octanol–water partition coefficient (Wildman–Crippen LogP) is 1.78. The minimum atomic E-state index is -3.63. The highest BCUT2D eigenvalue weighted by atomic mass is 79.9. The molecule has 1 aromatic rings. The van der Waals surface area contributed by atoms with Crippen molar-refractivity contribution in [2.75, 3.05) is 13.4 Å². The van der Waals surface area contributed by atoms with Gasteiger partial charge in [-0.3, -0.25) is 0 Å². The summed E-state index contributed by atoms with van der Waals surface area (Å²) in [5.74, 6) is -1.64. The van der Waals surface area contributed by atoms with E-state index in [1.807, 2.05) is 0 Å². The van der Waals surface area contributed by atoms with Crippen molar-refractivity contribution in [3.05, 3.63) is 28.0 Å². The number of hydrogen-bond acceptors (Lipinski definition) is 4. The molecular formula is C9H8BrFO4S. The van der Waals surface area contributed by atoms with E-state index in [1.54, 1.807) is 0 Å². The van der Waals surface area contributed by atoms with Crippen molar-refractivity contribution in [1.82, 2.24) is 0 Å². The van der Waals surface area contributed by atoms with Crippen molar-refractivity contribution < 1.29 is 22.3 Å². The summed E-state index contributed by atoms with van der Waals surface area (Å²) in [5.41, 5.74) is -0.329. The number of benzene rings is 1. The lowest BCUT2D eigenvalue weighted by atomic mass is 10.2. The highest BCUT2D eigenvalue weighted by Crippen LogP contribution is 2.27. The van der Waals surface area contributed by atoms with Gasteiger partial charge < -0.3 is 4.74 Å². The lowest BCUT2D eigenvalue weighted by Crippen LogP contribution is -2.11. The zero-order valence-corrected chi connectivity index (χ0v) is 10.9. The standard InChI is InChI=1S/C9H8BrFO4S/c1-15-9(12)7-6(16(2,13)14)4-3-5(11)8(7)10/h3-4H,1-2H3. The van der Waals surface area contributed by atoms with Crippen molar-refractivity contribution in [1.29, 1.82) is 0 Å². The van der Waals surface area contributed by atoms with E-state index in [4.69, 9.17) is 0 Å². The summed E-state index contributed by atoms with van der Waals surface area (Å²) in [5, 5.41) is 0. The van der Waals surface area contributed by atoms with Crippen LogP contribution in [0, 0.1) is 5.82 Å². The van der Waals surface area contributed by atoms with Crippen LogP contribution in [0.4, 0.5) is 4.39 Å². The molecular weight excluding hydrogens is 303 g/mol. The molecule has 0 aliphatic heterocycles. The van der Waals surface area contributed by atoms with Gasteiger partial charge >= 0.3 is 5.97 Å². The number of sulfone groups is 1. The zero-order chi connectivity index (χ0) is 12.5. The average Bonchev–Trinajstić information content (AvgIpc) is 2.19. The van der Waals surface area contributed by atoms with E-state index in [-0.39, 0.29) is 14.9 Å². The van der Waals surface area contributed by atoms with Crippen molar-refractivity contribution in [3.8, 4) is 0 Å². The lowest BCUT2D eigenvalue weighted by molar-refractivity contribution is 0.0594. The summed E-state index contributed by atoms with van der Waals surface area (Å²) in [6, 6.07) is 1.99. The van der Waals surface area contributed by atoms with Crippen molar-refractivity contribution >= 4 is 31.7 Å². The van der Waals surface area contributed by atoms with Gasteiger partial charge in [0.1, 0.15) is 5.82 Å². The molecule has 1 aromatic carbocycles. The molecule has 0 spiro atoms. The number of carbonyl (C=O) groups excluding carboxylic acids is 1. The fraction of sp³-hybridized carbons (Fsp3) is 0.222. The van der Waals surface area contributed by atoms with Crippen LogP contribution >= 0.6 is 15.9 Å². The maximum atomic E-state index is 13.2. The van der Waals surface area contributed by atoms with Crippen LogP contribution in [0.5, 0.6) is 0 Å². The predicted molar refractivity (Wildman–Crippen MR) is 58.5 cm³/mol. The van der Waals surface area contributed by atoms with Crippen LogP contribution in [0.3, 0.4) is 0 Å². The third-order valence-corrected chi connectivity index (χ3v) is 3.76. The second kappa shape index (κ2) is 4.50. The molecule has 0 bridgehead atoms. The highest BCUT2D eigenvalue weighted by Gasteiger charge is 2.24. The maximum Gasteiger partial charge on any atom is 0.340 e. The molecule has 0 aromatic heterocycles. The topological polar surface area (TPSA) is 60.4 Å². The van der Waals surface area contributed by atoms with Gasteiger partial charge in [-0.15, -0.1) is 0 Å². The van der Waals surface area contributed by atoms with E-state index in [9.17, 15) is 17.6 Å². The Kier molecular flexibility index (Phi) is 3.69. The summed E-state index contributed by atoms with van der Waals surface area (Å²) in [6.07, 6.45) is 0.930. The van der Waals surface area contributed by atoms with E-state index in [0.29, 0.717) is 0 Å². The first-order valence-corrected chi connectivity index (χ1v) is 6.74. The molecule has 0 heterocycles. The number of hydrogen-bond donors (Lipinski definition) is 0. The smallest absolute Gasteiger partial charge is 0.340 e. The first kappa shape index (κ1) is 13.1. The molecule has 0 radical (unpaired) electrons. The van der Waals surface area contributed by atoms with Crippen molar-refractivity contribution in [2.24, 2.45) is 0 Å². The normalized spacial score (nSPS) is 11.2. The van der Waals surface area contributed by atoms with Crippen molar-refractivity contribution in [2.45, 2.75) is 4.90 Å². The molecule has 0 atom stereocenters. The first-order chi connectivity index (χ1) is 7.29. The van der Waals surface area contributed by atoms with Gasteiger partial charge in [0, 0.05) is 6.26 Å². The molecule has 4 nitrogen and oxygen atoms in total. The van der Waals surface area contributed by atoms with Gasteiger partial charge in [-0.1, -0.05) is 0 Å². The second-order valence-electron chi connectivity index (χ2n) is 3.00. The first-order valence-electron chi connectivity index (χ1n) is 4.05. The van der Waals surface area contributed by atoms with Crippen LogP contribution in [0.1, 0.15) is 10.4 Å². The average molecular weight is 311 g/mol. The zero-order valence-electron chi connectivity index (χ0n) is 8.45. The van der Waals surface area contributed by atoms with Crippen molar-refractivity contribution in [3.63, 3.8) is 0 Å². The Morgan fingerprint density at radius 2 is 2.00 bits per heavy atom. The molecule has 0 fully saturated rings. The lowest BCUT2D eigenvalue weighted by Gasteiger charge is -2.08. The Labute approximate surface area is 100 Å². The van der Waals surface area contributed by atoms with Gasteiger partial charge in [-0.05, 0) is 28.1 Å². The number of carbonyl (C=O) groups is 1. The van der Waals surface area contributed by atoms with Gasteiger partial charge in [-0.25, -0.2) is 17.6 Å². The number of ether oxygens (including phenoxy) is 1. The molecule has 0 saturated heterocycles. The summed E-state index contributed by atoms with van der Waals surface area (Å²) < 4.78 is 40.2. The monoisotopic (exact) mass is 310 g/mol. The SMILES string of the molecule is COC(=O)c1c(S(C)(=O)=O)ccc(F)c1Br. The molecule has 0 aliphatic rings. The Morgan fingerprint density at radius 1 is 1.44 bits per heavy atom. The van der Waals surface area contributed by atoms with Crippen LogP contribution < -0.4 is 0 Å². The van der Waals surface area contributed by atoms with Gasteiger partial charge in [-0.2, -0.15) is 0 Å². The Hall–Kier alpha value is -0.950. The molecule has 0 N–H and O–H groups in total. The fourth-order valence-corrected chi connectivity index (χ4v) is 2.64. The van der Waals surface area contributed by atoms with E-state index < -0.39 is 21.6 Å². The molecule has 0 saturated carbocycles. The van der Waals surface area contributed by atoms with Gasteiger partial charge in [0.05, 0.1) is 22.0 Å². The molecule has 7 heteroatoms. The van der Waals surface area contributed by atoms with Gasteiger partial charge in [0.25, 0.3) is 0 Å². The molecule has 0 unspecified atom stereocenters. The van der Waals surface area contributed by atoms with Crippen LogP contribution in [0.2, 0.25) is 0 Å². The third-order valence-electron chi connectivity index (χ3n) is 1.85. The van der Waals surface area contributed by atoms with Gasteiger partial charge in [0.2, 0.25) is 0 Å². The highest BCUT2D eigenvalue weighted by molar-refractivity contribution is 9.10. The number of rotatable bonds is 2.